The molecule has 72 valence electrons. The molecule has 1 rings (SSSR count). The first-order valence-electron chi connectivity index (χ1n) is 4.42. The van der Waals surface area contributed by atoms with Crippen molar-refractivity contribution in [2.45, 2.75) is 26.9 Å². The first-order chi connectivity index (χ1) is 6.13. The van der Waals surface area contributed by atoms with E-state index in [4.69, 9.17) is 4.74 Å². The minimum absolute atomic E-state index is 0.0800. The van der Waals surface area contributed by atoms with E-state index in [1.165, 1.54) is 11.1 Å². The third-order valence-corrected chi connectivity index (χ3v) is 4.02. The van der Waals surface area contributed by atoms with Crippen LogP contribution in [0, 0.1) is 13.8 Å². The zero-order valence-corrected chi connectivity index (χ0v) is 9.23. The van der Waals surface area contributed by atoms with Crippen molar-refractivity contribution in [2.75, 3.05) is 6.61 Å². The summed E-state index contributed by atoms with van der Waals surface area (Å²) in [5.41, 5.74) is 2.60. The normalized spacial score (nSPS) is 10.1. The second kappa shape index (κ2) is 4.48. The van der Waals surface area contributed by atoms with Gasteiger partial charge in [0.05, 0.1) is 12.8 Å². The molecule has 13 heavy (non-hydrogen) atoms. The molecule has 0 unspecified atom stereocenters. The number of hydrogen-bond donors (Lipinski definition) is 0. The van der Waals surface area contributed by atoms with E-state index in [-0.39, 0.29) is 13.5 Å². The van der Waals surface area contributed by atoms with E-state index in [2.05, 4.69) is 25.4 Å². The number of rotatable bonds is 3. The fraction of sp³-hybridized carbons (Fsp3) is 0.500. The Hall–Kier alpha value is -0.750. The fourth-order valence-corrected chi connectivity index (χ4v) is 3.23. The summed E-state index contributed by atoms with van der Waals surface area (Å²) in [5, 5.41) is 0. The van der Waals surface area contributed by atoms with Crippen LogP contribution in [0.15, 0.2) is 11.6 Å². The highest BCUT2D eigenvalue weighted by Gasteiger charge is 2.05. The molecule has 0 saturated carbocycles. The van der Waals surface area contributed by atoms with Gasteiger partial charge in [-0.25, -0.2) is 0 Å². The van der Waals surface area contributed by atoms with Gasteiger partial charge in [0, 0.05) is 0 Å². The summed E-state index contributed by atoms with van der Waals surface area (Å²) in [6.07, 6.45) is 0.540. The second-order valence-electron chi connectivity index (χ2n) is 3.10. The number of carbonyl (C=O) groups is 1. The molecule has 1 aromatic heterocycles. The monoisotopic (exact) mass is 198 g/mol. The lowest BCUT2D eigenvalue weighted by molar-refractivity contribution is -0.141. The number of ether oxygens (including phenoxy) is 1. The van der Waals surface area contributed by atoms with E-state index in [0.29, 0.717) is 12.8 Å². The molecule has 0 fully saturated rings. The molecule has 0 spiro atoms. The number of carbonyl (C=O) groups excluding carboxylic acids is 1. The van der Waals surface area contributed by atoms with Crippen LogP contribution < -0.4 is 0 Å². The average molecular weight is 198 g/mol. The molecule has 1 heterocycles. The van der Waals surface area contributed by atoms with Gasteiger partial charge < -0.3 is 4.74 Å². The molecule has 0 N–H and O–H groups in total. The lowest BCUT2D eigenvalue weighted by Crippen LogP contribution is -2.02. The molecule has 0 saturated heterocycles. The number of aryl methyl sites for hydroxylation is 2. The summed E-state index contributed by atoms with van der Waals surface area (Å²) in [6, 6.07) is 0. The molecule has 0 aliphatic carbocycles. The van der Waals surface area contributed by atoms with Crippen LogP contribution in [0.25, 0.3) is 0 Å². The van der Waals surface area contributed by atoms with Gasteiger partial charge in [-0.05, 0) is 43.5 Å². The van der Waals surface area contributed by atoms with Crippen LogP contribution in [0.5, 0.6) is 0 Å². The summed E-state index contributed by atoms with van der Waals surface area (Å²) >= 11 is 0. The quantitative estimate of drug-likeness (QED) is 0.698. The predicted molar refractivity (Wildman–Crippen MR) is 55.3 cm³/mol. The van der Waals surface area contributed by atoms with Crippen molar-refractivity contribution in [3.8, 4) is 0 Å². The molecule has 0 aliphatic heterocycles. The Kier molecular flexibility index (Phi) is 3.56. The standard InChI is InChI=1S/C10H15O2P/c1-4-12-10(11)7-13-5-8(2)9(3)6-13/h5-6H,4,7H2,1-3H3. The molecule has 2 nitrogen and oxygen atoms in total. The highest BCUT2D eigenvalue weighted by molar-refractivity contribution is 7.48. The third-order valence-electron chi connectivity index (χ3n) is 1.96. The van der Waals surface area contributed by atoms with Crippen molar-refractivity contribution in [1.82, 2.24) is 0 Å². The third kappa shape index (κ3) is 2.89. The van der Waals surface area contributed by atoms with E-state index in [9.17, 15) is 4.79 Å². The van der Waals surface area contributed by atoms with Gasteiger partial charge in [0.2, 0.25) is 0 Å². The Morgan fingerprint density at radius 1 is 1.38 bits per heavy atom. The molecule has 0 atom stereocenters. The van der Waals surface area contributed by atoms with E-state index in [0.717, 1.165) is 0 Å². The van der Waals surface area contributed by atoms with Crippen LogP contribution >= 0.6 is 7.53 Å². The Morgan fingerprint density at radius 3 is 2.38 bits per heavy atom. The molecule has 0 aliphatic rings. The SMILES string of the molecule is CCOC(=O)Cp1cc(C)c(C)c1. The first-order valence-corrected chi connectivity index (χ1v) is 6.08. The van der Waals surface area contributed by atoms with Gasteiger partial charge in [0.25, 0.3) is 0 Å². The first kappa shape index (κ1) is 10.3. The highest BCUT2D eigenvalue weighted by atomic mass is 31.1. The molecule has 0 bridgehead atoms. The van der Waals surface area contributed by atoms with Crippen molar-refractivity contribution >= 4 is 13.5 Å². The molecule has 0 amide bonds. The molecule has 3 heteroatoms. The van der Waals surface area contributed by atoms with Gasteiger partial charge in [-0.1, -0.05) is 0 Å². The van der Waals surface area contributed by atoms with E-state index >= 15 is 0 Å². The number of hydrogen-bond acceptors (Lipinski definition) is 2. The van der Waals surface area contributed by atoms with Crippen molar-refractivity contribution in [3.63, 3.8) is 0 Å². The summed E-state index contributed by atoms with van der Waals surface area (Å²) in [7, 11) is -0.373. The van der Waals surface area contributed by atoms with Gasteiger partial charge in [-0.15, -0.1) is 7.53 Å². The summed E-state index contributed by atoms with van der Waals surface area (Å²) in [6.45, 7) is 6.48. The molecular weight excluding hydrogens is 183 g/mol. The Labute approximate surface area is 80.0 Å². The largest absolute Gasteiger partial charge is 0.465 e. The van der Waals surface area contributed by atoms with Crippen LogP contribution in [0.1, 0.15) is 18.1 Å². The maximum Gasteiger partial charge on any atom is 0.313 e. The zero-order valence-electron chi connectivity index (χ0n) is 8.33. The molecule has 0 radical (unpaired) electrons. The van der Waals surface area contributed by atoms with E-state index in [1.807, 2.05) is 6.92 Å². The maximum atomic E-state index is 11.1. The van der Waals surface area contributed by atoms with Crippen molar-refractivity contribution in [1.29, 1.82) is 0 Å². The highest BCUT2D eigenvalue weighted by Crippen LogP contribution is 2.33. The molecule has 1 aromatic rings. The number of esters is 1. The maximum absolute atomic E-state index is 11.1. The van der Waals surface area contributed by atoms with Crippen molar-refractivity contribution < 1.29 is 9.53 Å². The molecular formula is C10H15O2P. The van der Waals surface area contributed by atoms with Crippen molar-refractivity contribution in [2.24, 2.45) is 0 Å². The van der Waals surface area contributed by atoms with Gasteiger partial charge in [-0.2, -0.15) is 0 Å². The van der Waals surface area contributed by atoms with Crippen molar-refractivity contribution in [3.05, 3.63) is 22.7 Å². The Bertz CT molecular complexity index is 282. The Morgan fingerprint density at radius 2 is 1.92 bits per heavy atom. The van der Waals surface area contributed by atoms with E-state index in [1.54, 1.807) is 0 Å². The summed E-state index contributed by atoms with van der Waals surface area (Å²) in [4.78, 5) is 11.1. The van der Waals surface area contributed by atoms with Crippen LogP contribution in [0.2, 0.25) is 0 Å². The van der Waals surface area contributed by atoms with Crippen LogP contribution in [-0.4, -0.2) is 12.6 Å². The predicted octanol–water partition coefficient (Wildman–Crippen LogP) is 2.85. The van der Waals surface area contributed by atoms with Gasteiger partial charge in [0.15, 0.2) is 0 Å². The topological polar surface area (TPSA) is 26.3 Å². The van der Waals surface area contributed by atoms with Gasteiger partial charge in [0.1, 0.15) is 0 Å². The smallest absolute Gasteiger partial charge is 0.313 e. The lowest BCUT2D eigenvalue weighted by Gasteiger charge is -1.99. The van der Waals surface area contributed by atoms with Gasteiger partial charge in [-0.3, -0.25) is 4.79 Å². The summed E-state index contributed by atoms with van der Waals surface area (Å²) < 4.78 is 4.89. The van der Waals surface area contributed by atoms with Crippen LogP contribution in [-0.2, 0) is 15.7 Å². The minimum Gasteiger partial charge on any atom is -0.465 e. The Balaban J connectivity index is 2.59. The zero-order chi connectivity index (χ0) is 9.84. The van der Waals surface area contributed by atoms with Crippen LogP contribution in [0.4, 0.5) is 0 Å². The molecule has 0 aromatic carbocycles. The fourth-order valence-electron chi connectivity index (χ4n) is 1.19. The lowest BCUT2D eigenvalue weighted by atomic mass is 10.2. The average Bonchev–Trinajstić information content (AvgIpc) is 2.31. The summed E-state index contributed by atoms with van der Waals surface area (Å²) in [5.74, 6) is 4.28. The van der Waals surface area contributed by atoms with Crippen LogP contribution in [0.3, 0.4) is 0 Å². The second-order valence-corrected chi connectivity index (χ2v) is 4.96. The van der Waals surface area contributed by atoms with E-state index < -0.39 is 0 Å². The minimum atomic E-state index is -0.373. The van der Waals surface area contributed by atoms with Gasteiger partial charge >= 0.3 is 5.97 Å².